The number of H-pyrrole nitrogens is 1. The summed E-state index contributed by atoms with van der Waals surface area (Å²) in [4.78, 5) is 17.7. The maximum absolute atomic E-state index is 11.7. The lowest BCUT2D eigenvalue weighted by Crippen LogP contribution is -2.32. The van der Waals surface area contributed by atoms with Crippen molar-refractivity contribution in [1.82, 2.24) is 9.88 Å². The quantitative estimate of drug-likeness (QED) is 0.928. The molecule has 1 unspecified atom stereocenters. The number of carbonyl (C=O) groups excluding carboxylic acids is 1. The number of carbonyl (C=O) groups is 1. The molecule has 1 saturated heterocycles. The van der Waals surface area contributed by atoms with Crippen molar-refractivity contribution in [3.63, 3.8) is 0 Å². The number of nitrogens with zero attached hydrogens (tertiary/aromatic N) is 1. The highest BCUT2D eigenvalue weighted by molar-refractivity contribution is 5.94. The van der Waals surface area contributed by atoms with E-state index < -0.39 is 0 Å². The summed E-state index contributed by atoms with van der Waals surface area (Å²) in [7, 11) is 0. The Hall–Kier alpha value is -1.87. The molecule has 2 aromatic rings. The fourth-order valence-corrected chi connectivity index (χ4v) is 4.05. The summed E-state index contributed by atoms with van der Waals surface area (Å²) < 4.78 is 0. The van der Waals surface area contributed by atoms with Gasteiger partial charge in [0.15, 0.2) is 0 Å². The Labute approximate surface area is 137 Å². The molecular formula is C20H24N2O. The average molecular weight is 308 g/mol. The molecule has 120 valence electrons. The van der Waals surface area contributed by atoms with Crippen molar-refractivity contribution in [2.75, 3.05) is 13.1 Å². The number of benzene rings is 1. The summed E-state index contributed by atoms with van der Waals surface area (Å²) in [5, 5.41) is 1.27. The van der Waals surface area contributed by atoms with Gasteiger partial charge in [0, 0.05) is 48.1 Å². The van der Waals surface area contributed by atoms with Crippen LogP contribution >= 0.6 is 0 Å². The van der Waals surface area contributed by atoms with Crippen LogP contribution in [-0.2, 0) is 11.2 Å². The van der Waals surface area contributed by atoms with E-state index in [4.69, 9.17) is 0 Å². The molecule has 0 amide bonds. The second-order valence-corrected chi connectivity index (χ2v) is 6.88. The molecule has 1 atom stereocenters. The van der Waals surface area contributed by atoms with Crippen molar-refractivity contribution in [2.45, 2.75) is 45.1 Å². The fourth-order valence-electron chi connectivity index (χ4n) is 4.05. The molecule has 3 nitrogen and oxygen atoms in total. The molecule has 0 spiro atoms. The molecule has 2 aliphatic rings. The van der Waals surface area contributed by atoms with Crippen LogP contribution in [0.25, 0.3) is 16.5 Å². The Kier molecular flexibility index (Phi) is 3.82. The first-order valence-electron chi connectivity index (χ1n) is 8.79. The van der Waals surface area contributed by atoms with E-state index in [0.717, 1.165) is 24.6 Å². The maximum Gasteiger partial charge on any atom is 0.136 e. The minimum atomic E-state index is 0.305. The Morgan fingerprint density at radius 3 is 3.17 bits per heavy atom. The topological polar surface area (TPSA) is 36.1 Å². The van der Waals surface area contributed by atoms with Gasteiger partial charge in [0.05, 0.1) is 0 Å². The van der Waals surface area contributed by atoms with Gasteiger partial charge in [0.25, 0.3) is 0 Å². The van der Waals surface area contributed by atoms with Crippen molar-refractivity contribution in [2.24, 2.45) is 0 Å². The van der Waals surface area contributed by atoms with Gasteiger partial charge in [-0.1, -0.05) is 19.1 Å². The molecule has 0 bridgehead atoms. The van der Waals surface area contributed by atoms with Crippen LogP contribution in [0.15, 0.2) is 30.5 Å². The number of hydrogen-bond acceptors (Lipinski definition) is 2. The van der Waals surface area contributed by atoms with Crippen molar-refractivity contribution in [1.29, 1.82) is 0 Å². The predicted octanol–water partition coefficient (Wildman–Crippen LogP) is 3.94. The van der Waals surface area contributed by atoms with Crippen molar-refractivity contribution in [3.8, 4) is 0 Å². The molecule has 0 saturated carbocycles. The van der Waals surface area contributed by atoms with Gasteiger partial charge < -0.3 is 4.98 Å². The number of rotatable bonds is 4. The number of aromatic amines is 1. The molecule has 3 heterocycles. The average Bonchev–Trinajstić information content (AvgIpc) is 3.20. The van der Waals surface area contributed by atoms with Gasteiger partial charge in [0.1, 0.15) is 5.78 Å². The van der Waals surface area contributed by atoms with E-state index in [0.29, 0.717) is 18.6 Å². The molecule has 1 fully saturated rings. The molecule has 2 aliphatic heterocycles. The highest BCUT2D eigenvalue weighted by atomic mass is 16.1. The SMILES string of the molecule is CCC(=O)Cc1ccc2[nH]cc(C3=CCN4CCCC4C3)c2c1. The molecule has 1 aromatic carbocycles. The summed E-state index contributed by atoms with van der Waals surface area (Å²) in [5.74, 6) is 0.305. The van der Waals surface area contributed by atoms with Crippen molar-refractivity contribution < 1.29 is 4.79 Å². The Balaban J connectivity index is 1.67. The van der Waals surface area contributed by atoms with E-state index in [-0.39, 0.29) is 0 Å². The highest BCUT2D eigenvalue weighted by Crippen LogP contribution is 2.35. The summed E-state index contributed by atoms with van der Waals surface area (Å²) in [6.45, 7) is 4.27. The molecule has 0 aliphatic carbocycles. The Morgan fingerprint density at radius 1 is 1.39 bits per heavy atom. The van der Waals surface area contributed by atoms with Crippen LogP contribution in [0.2, 0.25) is 0 Å². The first-order valence-corrected chi connectivity index (χ1v) is 8.79. The largest absolute Gasteiger partial charge is 0.361 e. The van der Waals surface area contributed by atoms with Gasteiger partial charge in [-0.05, 0) is 49.1 Å². The van der Waals surface area contributed by atoms with Gasteiger partial charge in [-0.25, -0.2) is 0 Å². The van der Waals surface area contributed by atoms with Crippen LogP contribution in [-0.4, -0.2) is 34.8 Å². The third-order valence-electron chi connectivity index (χ3n) is 5.41. The molecular weight excluding hydrogens is 284 g/mol. The van der Waals surface area contributed by atoms with Crippen molar-refractivity contribution in [3.05, 3.63) is 41.6 Å². The fraction of sp³-hybridized carbons (Fsp3) is 0.450. The number of ketones is 1. The van der Waals surface area contributed by atoms with Crippen LogP contribution in [0, 0.1) is 0 Å². The molecule has 4 rings (SSSR count). The second-order valence-electron chi connectivity index (χ2n) is 6.88. The molecule has 1 N–H and O–H groups in total. The summed E-state index contributed by atoms with van der Waals surface area (Å²) in [5.41, 5.74) is 5.10. The molecule has 0 radical (unpaired) electrons. The summed E-state index contributed by atoms with van der Waals surface area (Å²) >= 11 is 0. The standard InChI is InChI=1S/C20H24N2O/c1-2-17(23)10-14-5-6-20-18(11-14)19(13-21-20)15-7-9-22-8-3-4-16(22)12-15/h5-7,11,13,16,21H,2-4,8-10,12H2,1H3. The second kappa shape index (κ2) is 5.97. The van der Waals surface area contributed by atoms with Gasteiger partial charge in [-0.15, -0.1) is 0 Å². The van der Waals surface area contributed by atoms with E-state index >= 15 is 0 Å². The Bertz CT molecular complexity index is 771. The van der Waals surface area contributed by atoms with Crippen molar-refractivity contribution >= 4 is 22.3 Å². The van der Waals surface area contributed by atoms with E-state index in [9.17, 15) is 4.79 Å². The first-order chi connectivity index (χ1) is 11.2. The zero-order valence-electron chi connectivity index (χ0n) is 13.8. The zero-order chi connectivity index (χ0) is 15.8. The molecule has 3 heteroatoms. The van der Waals surface area contributed by atoms with Crippen LogP contribution in [0.4, 0.5) is 0 Å². The lowest BCUT2D eigenvalue weighted by Gasteiger charge is -2.29. The van der Waals surface area contributed by atoms with Crippen LogP contribution in [0.5, 0.6) is 0 Å². The normalized spacial score (nSPS) is 21.4. The Morgan fingerprint density at radius 2 is 2.30 bits per heavy atom. The summed E-state index contributed by atoms with van der Waals surface area (Å²) in [6, 6.07) is 7.12. The van der Waals surface area contributed by atoms with Crippen LogP contribution < -0.4 is 0 Å². The lowest BCUT2D eigenvalue weighted by molar-refractivity contribution is -0.118. The predicted molar refractivity (Wildman–Crippen MR) is 94.5 cm³/mol. The van der Waals surface area contributed by atoms with E-state index in [1.807, 2.05) is 6.92 Å². The van der Waals surface area contributed by atoms with Crippen LogP contribution in [0.3, 0.4) is 0 Å². The number of aromatic nitrogens is 1. The molecule has 23 heavy (non-hydrogen) atoms. The van der Waals surface area contributed by atoms with Gasteiger partial charge in [-0.2, -0.15) is 0 Å². The maximum atomic E-state index is 11.7. The van der Waals surface area contributed by atoms with E-state index in [2.05, 4.69) is 40.4 Å². The number of fused-ring (bicyclic) bond motifs is 2. The van der Waals surface area contributed by atoms with Gasteiger partial charge >= 0.3 is 0 Å². The number of Topliss-reactive ketones (excluding diaryl/α,β-unsaturated/α-hetero) is 1. The van der Waals surface area contributed by atoms with E-state index in [1.165, 1.54) is 41.4 Å². The molecule has 1 aromatic heterocycles. The van der Waals surface area contributed by atoms with Gasteiger partial charge in [-0.3, -0.25) is 9.69 Å². The first kappa shape index (κ1) is 14.7. The minimum Gasteiger partial charge on any atom is -0.361 e. The minimum absolute atomic E-state index is 0.305. The smallest absolute Gasteiger partial charge is 0.136 e. The zero-order valence-corrected chi connectivity index (χ0v) is 13.8. The monoisotopic (exact) mass is 308 g/mol. The number of hydrogen-bond donors (Lipinski definition) is 1. The summed E-state index contributed by atoms with van der Waals surface area (Å²) in [6.07, 6.45) is 9.53. The van der Waals surface area contributed by atoms with Gasteiger partial charge in [0.2, 0.25) is 0 Å². The van der Waals surface area contributed by atoms with E-state index in [1.54, 1.807) is 0 Å². The third-order valence-corrected chi connectivity index (χ3v) is 5.41. The lowest BCUT2D eigenvalue weighted by atomic mass is 9.93. The van der Waals surface area contributed by atoms with Crippen LogP contribution in [0.1, 0.15) is 43.7 Å². The number of nitrogens with one attached hydrogen (secondary N) is 1. The highest BCUT2D eigenvalue weighted by Gasteiger charge is 2.28. The third kappa shape index (κ3) is 2.74.